The number of thiophene rings is 1. The maximum atomic E-state index is 12.5. The van der Waals surface area contributed by atoms with Crippen molar-refractivity contribution in [3.8, 4) is 0 Å². The monoisotopic (exact) mass is 309 g/mol. The fraction of sp³-hybridized carbons (Fsp3) is 0.667. The maximum absolute atomic E-state index is 12.5. The Morgan fingerprint density at radius 2 is 2.38 bits per heavy atom. The summed E-state index contributed by atoms with van der Waals surface area (Å²) < 4.78 is 5.80. The van der Waals surface area contributed by atoms with E-state index in [9.17, 15) is 4.79 Å². The van der Waals surface area contributed by atoms with Gasteiger partial charge in [0.05, 0.1) is 18.4 Å². The number of rotatable bonds is 5. The predicted molar refractivity (Wildman–Crippen MR) is 84.9 cm³/mol. The number of ether oxygens (including phenoxy) is 1. The molecule has 0 spiro atoms. The summed E-state index contributed by atoms with van der Waals surface area (Å²) in [6.45, 7) is 4.15. The number of hydrogen-bond donors (Lipinski definition) is 1. The molecule has 2 aliphatic rings. The van der Waals surface area contributed by atoms with Gasteiger partial charge in [0.25, 0.3) is 0 Å². The number of likely N-dealkylation sites (N-methyl/N-ethyl adjacent to an activating group) is 1. The molecule has 1 aromatic rings. The quantitative estimate of drug-likeness (QED) is 0.908. The molecule has 1 aliphatic heterocycles. The second-order valence-corrected chi connectivity index (χ2v) is 6.83. The summed E-state index contributed by atoms with van der Waals surface area (Å²) in [6.07, 6.45) is 2.61. The van der Waals surface area contributed by atoms with E-state index in [1.54, 1.807) is 11.3 Å². The minimum atomic E-state index is -0.00266. The Morgan fingerprint density at radius 1 is 1.52 bits per heavy atom. The third-order valence-corrected chi connectivity index (χ3v) is 4.68. The van der Waals surface area contributed by atoms with E-state index in [0.717, 1.165) is 31.9 Å². The van der Waals surface area contributed by atoms with Crippen molar-refractivity contribution in [1.29, 1.82) is 0 Å². The Bertz CT molecular complexity index is 461. The number of amides is 2. The van der Waals surface area contributed by atoms with Crippen molar-refractivity contribution in [2.24, 2.45) is 5.92 Å². The second-order valence-electron chi connectivity index (χ2n) is 6.05. The summed E-state index contributed by atoms with van der Waals surface area (Å²) in [5.74, 6) is 0.680. The van der Waals surface area contributed by atoms with Gasteiger partial charge in [-0.05, 0) is 37.3 Å². The molecule has 0 radical (unpaired) electrons. The number of morpholine rings is 1. The van der Waals surface area contributed by atoms with E-state index in [2.05, 4.69) is 17.3 Å². The van der Waals surface area contributed by atoms with Crippen LogP contribution in [0.1, 0.15) is 12.8 Å². The summed E-state index contributed by atoms with van der Waals surface area (Å²) in [7, 11) is 2.10. The molecule has 1 saturated carbocycles. The molecule has 1 aliphatic carbocycles. The van der Waals surface area contributed by atoms with Crippen molar-refractivity contribution in [2.45, 2.75) is 18.9 Å². The fourth-order valence-electron chi connectivity index (χ4n) is 2.61. The Hall–Kier alpha value is -1.11. The average molecular weight is 309 g/mol. The molecule has 0 aromatic carbocycles. The van der Waals surface area contributed by atoms with Crippen LogP contribution in [0.2, 0.25) is 0 Å². The Kier molecular flexibility index (Phi) is 4.77. The van der Waals surface area contributed by atoms with Crippen molar-refractivity contribution < 1.29 is 9.53 Å². The zero-order valence-corrected chi connectivity index (χ0v) is 13.3. The van der Waals surface area contributed by atoms with Crippen LogP contribution < -0.4 is 5.32 Å². The van der Waals surface area contributed by atoms with Gasteiger partial charge in [-0.25, -0.2) is 4.79 Å². The lowest BCUT2D eigenvalue weighted by atomic mass is 10.2. The van der Waals surface area contributed by atoms with Crippen LogP contribution in [0.25, 0.3) is 0 Å². The van der Waals surface area contributed by atoms with Gasteiger partial charge in [0.1, 0.15) is 0 Å². The highest BCUT2D eigenvalue weighted by Gasteiger charge is 2.29. The smallest absolute Gasteiger partial charge is 0.321 e. The standard InChI is InChI=1S/C15H23N3O2S/c1-17-5-6-20-14(9-17)10-18(8-12-2-3-12)15(19)16-13-4-7-21-11-13/h4,7,11-12,14H,2-3,5-6,8-10H2,1H3,(H,16,19)/t14-/m0/s1. The maximum Gasteiger partial charge on any atom is 0.321 e. The van der Waals surface area contributed by atoms with Gasteiger partial charge in [0.2, 0.25) is 0 Å². The third kappa shape index (κ3) is 4.43. The van der Waals surface area contributed by atoms with E-state index in [4.69, 9.17) is 4.74 Å². The van der Waals surface area contributed by atoms with Crippen molar-refractivity contribution in [1.82, 2.24) is 9.80 Å². The lowest BCUT2D eigenvalue weighted by Crippen LogP contribution is -2.49. The molecule has 2 heterocycles. The fourth-order valence-corrected chi connectivity index (χ4v) is 3.20. The first-order valence-corrected chi connectivity index (χ1v) is 8.53. The van der Waals surface area contributed by atoms with Crippen LogP contribution in [0.15, 0.2) is 16.8 Å². The lowest BCUT2D eigenvalue weighted by Gasteiger charge is -2.34. The largest absolute Gasteiger partial charge is 0.374 e. The van der Waals surface area contributed by atoms with E-state index in [1.165, 1.54) is 12.8 Å². The molecule has 2 fully saturated rings. The Morgan fingerprint density at radius 3 is 3.05 bits per heavy atom. The number of nitrogens with zero attached hydrogens (tertiary/aromatic N) is 2. The number of urea groups is 1. The van der Waals surface area contributed by atoms with E-state index in [0.29, 0.717) is 12.5 Å². The van der Waals surface area contributed by atoms with E-state index in [-0.39, 0.29) is 12.1 Å². The van der Waals surface area contributed by atoms with Crippen LogP contribution in [-0.2, 0) is 4.74 Å². The van der Waals surface area contributed by atoms with Crippen LogP contribution >= 0.6 is 11.3 Å². The van der Waals surface area contributed by atoms with Crippen molar-refractivity contribution in [3.63, 3.8) is 0 Å². The molecule has 6 heteroatoms. The van der Waals surface area contributed by atoms with Gasteiger partial charge in [-0.15, -0.1) is 0 Å². The highest BCUT2D eigenvalue weighted by Crippen LogP contribution is 2.30. The first kappa shape index (κ1) is 14.8. The van der Waals surface area contributed by atoms with Gasteiger partial charge >= 0.3 is 6.03 Å². The predicted octanol–water partition coefficient (Wildman–Crippen LogP) is 2.32. The van der Waals surface area contributed by atoms with Gasteiger partial charge in [-0.1, -0.05) is 0 Å². The number of anilines is 1. The normalized spacial score (nSPS) is 23.0. The summed E-state index contributed by atoms with van der Waals surface area (Å²) >= 11 is 1.59. The highest BCUT2D eigenvalue weighted by atomic mass is 32.1. The number of carbonyl (C=O) groups excluding carboxylic acids is 1. The lowest BCUT2D eigenvalue weighted by molar-refractivity contribution is -0.0302. The van der Waals surface area contributed by atoms with Crippen molar-refractivity contribution in [2.75, 3.05) is 45.2 Å². The van der Waals surface area contributed by atoms with Gasteiger partial charge in [0.15, 0.2) is 0 Å². The van der Waals surface area contributed by atoms with Crippen LogP contribution in [0.5, 0.6) is 0 Å². The van der Waals surface area contributed by atoms with E-state index >= 15 is 0 Å². The molecule has 0 bridgehead atoms. The molecular formula is C15H23N3O2S. The number of hydrogen-bond acceptors (Lipinski definition) is 4. The molecule has 0 unspecified atom stereocenters. The molecule has 21 heavy (non-hydrogen) atoms. The Balaban J connectivity index is 1.58. The topological polar surface area (TPSA) is 44.8 Å². The van der Waals surface area contributed by atoms with Crippen LogP contribution in [0.3, 0.4) is 0 Å². The molecule has 3 rings (SSSR count). The molecule has 2 amide bonds. The average Bonchev–Trinajstić information content (AvgIpc) is 3.13. The second kappa shape index (κ2) is 6.77. The number of carbonyl (C=O) groups is 1. The first-order valence-electron chi connectivity index (χ1n) is 7.59. The SMILES string of the molecule is CN1CCO[C@H](CN(CC2CC2)C(=O)Nc2ccsc2)C1. The minimum absolute atomic E-state index is 0.00266. The van der Waals surface area contributed by atoms with Crippen molar-refractivity contribution >= 4 is 23.1 Å². The number of nitrogens with one attached hydrogen (secondary N) is 1. The first-order chi connectivity index (χ1) is 10.2. The van der Waals surface area contributed by atoms with E-state index in [1.807, 2.05) is 21.7 Å². The van der Waals surface area contributed by atoms with Gasteiger partial charge in [-0.3, -0.25) is 0 Å². The molecule has 116 valence electrons. The van der Waals surface area contributed by atoms with E-state index < -0.39 is 0 Å². The van der Waals surface area contributed by atoms with Gasteiger partial charge in [0, 0.05) is 31.6 Å². The van der Waals surface area contributed by atoms with Crippen molar-refractivity contribution in [3.05, 3.63) is 16.8 Å². The summed E-state index contributed by atoms with van der Waals surface area (Å²) in [5.41, 5.74) is 0.882. The van der Waals surface area contributed by atoms with Gasteiger partial charge < -0.3 is 19.9 Å². The molecule has 1 N–H and O–H groups in total. The highest BCUT2D eigenvalue weighted by molar-refractivity contribution is 7.08. The third-order valence-electron chi connectivity index (χ3n) is 4.00. The summed E-state index contributed by atoms with van der Waals surface area (Å²) in [6, 6.07) is 1.93. The van der Waals surface area contributed by atoms with Gasteiger partial charge in [-0.2, -0.15) is 11.3 Å². The van der Waals surface area contributed by atoms with Crippen LogP contribution in [-0.4, -0.2) is 61.8 Å². The molecule has 5 nitrogen and oxygen atoms in total. The molecule has 1 saturated heterocycles. The molecular weight excluding hydrogens is 286 g/mol. The summed E-state index contributed by atoms with van der Waals surface area (Å²) in [4.78, 5) is 16.7. The zero-order chi connectivity index (χ0) is 14.7. The minimum Gasteiger partial charge on any atom is -0.374 e. The van der Waals surface area contributed by atoms with Crippen LogP contribution in [0.4, 0.5) is 10.5 Å². The zero-order valence-electron chi connectivity index (χ0n) is 12.5. The molecule has 1 atom stereocenters. The molecule has 1 aromatic heterocycles. The summed E-state index contributed by atoms with van der Waals surface area (Å²) in [5, 5.41) is 6.91. The Labute approximate surface area is 129 Å². The van der Waals surface area contributed by atoms with Crippen LogP contribution in [0, 0.1) is 5.92 Å².